The van der Waals surface area contributed by atoms with Crippen LogP contribution in [-0.4, -0.2) is 12.8 Å². The van der Waals surface area contributed by atoms with E-state index in [2.05, 4.69) is 68.6 Å². The van der Waals surface area contributed by atoms with Crippen molar-refractivity contribution in [2.45, 2.75) is 31.7 Å². The van der Waals surface area contributed by atoms with Crippen LogP contribution < -0.4 is 5.32 Å². The molecule has 0 aliphatic heterocycles. The molecule has 0 bridgehead atoms. The van der Waals surface area contributed by atoms with Crippen molar-refractivity contribution in [2.75, 3.05) is 12.8 Å². The second-order valence-corrected chi connectivity index (χ2v) is 6.32. The van der Waals surface area contributed by atoms with Gasteiger partial charge in [0.05, 0.1) is 0 Å². The summed E-state index contributed by atoms with van der Waals surface area (Å²) in [5.41, 5.74) is 5.45. The second-order valence-electron chi connectivity index (χ2n) is 5.26. The van der Waals surface area contributed by atoms with E-state index in [9.17, 15) is 0 Å². The predicted molar refractivity (Wildman–Crippen MR) is 89.6 cm³/mol. The van der Waals surface area contributed by atoms with E-state index >= 15 is 0 Å². The summed E-state index contributed by atoms with van der Waals surface area (Å²) in [5, 5.41) is 3.43. The van der Waals surface area contributed by atoms with E-state index in [1.165, 1.54) is 27.1 Å². The highest BCUT2D eigenvalue weighted by Gasteiger charge is 2.11. The lowest BCUT2D eigenvalue weighted by Crippen LogP contribution is -2.19. The predicted octanol–water partition coefficient (Wildman–Crippen LogP) is 4.66. The van der Waals surface area contributed by atoms with E-state index in [1.807, 2.05) is 18.8 Å². The standard InChI is InChI=1S/C18H23NS/c1-13-9-10-16(11-15(13)3)17(19-4)12-20-18-8-6-5-7-14(18)2/h5-11,17,19H,12H2,1-4H3. The van der Waals surface area contributed by atoms with Crippen LogP contribution in [0.1, 0.15) is 28.3 Å². The lowest BCUT2D eigenvalue weighted by atomic mass is 10.0. The molecule has 0 aromatic heterocycles. The van der Waals surface area contributed by atoms with Crippen molar-refractivity contribution in [3.8, 4) is 0 Å². The maximum atomic E-state index is 3.43. The second kappa shape index (κ2) is 6.96. The van der Waals surface area contributed by atoms with E-state index in [4.69, 9.17) is 0 Å². The molecule has 0 spiro atoms. The third kappa shape index (κ3) is 3.65. The molecule has 0 aliphatic rings. The molecule has 0 heterocycles. The summed E-state index contributed by atoms with van der Waals surface area (Å²) >= 11 is 1.92. The zero-order valence-electron chi connectivity index (χ0n) is 12.7. The van der Waals surface area contributed by atoms with Crippen LogP contribution >= 0.6 is 11.8 Å². The van der Waals surface area contributed by atoms with Gasteiger partial charge in [0, 0.05) is 16.7 Å². The minimum Gasteiger partial charge on any atom is -0.312 e. The number of benzene rings is 2. The average Bonchev–Trinajstić information content (AvgIpc) is 2.45. The Labute approximate surface area is 126 Å². The fourth-order valence-electron chi connectivity index (χ4n) is 2.22. The average molecular weight is 285 g/mol. The highest BCUT2D eigenvalue weighted by Crippen LogP contribution is 2.27. The summed E-state index contributed by atoms with van der Waals surface area (Å²) in [6, 6.07) is 15.7. The lowest BCUT2D eigenvalue weighted by Gasteiger charge is -2.18. The van der Waals surface area contributed by atoms with E-state index in [0.717, 1.165) is 5.75 Å². The van der Waals surface area contributed by atoms with E-state index in [0.29, 0.717) is 6.04 Å². The van der Waals surface area contributed by atoms with Gasteiger partial charge in [-0.1, -0.05) is 36.4 Å². The van der Waals surface area contributed by atoms with E-state index in [1.54, 1.807) is 0 Å². The first-order valence-electron chi connectivity index (χ1n) is 7.04. The molecule has 0 radical (unpaired) electrons. The van der Waals surface area contributed by atoms with E-state index in [-0.39, 0.29) is 0 Å². The summed E-state index contributed by atoms with van der Waals surface area (Å²) in [5.74, 6) is 1.05. The Hall–Kier alpha value is -1.25. The zero-order valence-corrected chi connectivity index (χ0v) is 13.6. The van der Waals surface area contributed by atoms with Crippen molar-refractivity contribution in [1.82, 2.24) is 5.32 Å². The molecule has 2 aromatic rings. The van der Waals surface area contributed by atoms with Crippen LogP contribution in [-0.2, 0) is 0 Å². The Balaban J connectivity index is 2.09. The molecule has 0 saturated carbocycles. The first-order valence-corrected chi connectivity index (χ1v) is 8.03. The quantitative estimate of drug-likeness (QED) is 0.802. The molecule has 1 N–H and O–H groups in total. The molecule has 0 saturated heterocycles. The molecule has 1 nitrogen and oxygen atoms in total. The Morgan fingerprint density at radius 3 is 2.35 bits per heavy atom. The smallest absolute Gasteiger partial charge is 0.0413 e. The van der Waals surface area contributed by atoms with Crippen molar-refractivity contribution in [1.29, 1.82) is 0 Å². The number of hydrogen-bond acceptors (Lipinski definition) is 2. The van der Waals surface area contributed by atoms with Crippen LogP contribution in [0.4, 0.5) is 0 Å². The molecule has 2 rings (SSSR count). The van der Waals surface area contributed by atoms with Gasteiger partial charge in [-0.15, -0.1) is 11.8 Å². The van der Waals surface area contributed by atoms with Crippen molar-refractivity contribution in [2.24, 2.45) is 0 Å². The molecule has 1 atom stereocenters. The maximum absolute atomic E-state index is 3.43. The van der Waals surface area contributed by atoms with Crippen LogP contribution in [0.25, 0.3) is 0 Å². The summed E-state index contributed by atoms with van der Waals surface area (Å²) in [7, 11) is 2.04. The zero-order chi connectivity index (χ0) is 14.5. The molecular weight excluding hydrogens is 262 g/mol. The van der Waals surface area contributed by atoms with E-state index < -0.39 is 0 Å². The van der Waals surface area contributed by atoms with Crippen molar-refractivity contribution in [3.05, 3.63) is 64.7 Å². The summed E-state index contributed by atoms with van der Waals surface area (Å²) in [4.78, 5) is 1.37. The van der Waals surface area contributed by atoms with Gasteiger partial charge >= 0.3 is 0 Å². The molecule has 1 unspecified atom stereocenters. The summed E-state index contributed by atoms with van der Waals surface area (Å²) < 4.78 is 0. The fraction of sp³-hybridized carbons (Fsp3) is 0.333. The SMILES string of the molecule is CNC(CSc1ccccc1C)c1ccc(C)c(C)c1. The summed E-state index contributed by atoms with van der Waals surface area (Å²) in [6.45, 7) is 6.52. The maximum Gasteiger partial charge on any atom is 0.0413 e. The molecular formula is C18H23NS. The normalized spacial score (nSPS) is 12.4. The molecule has 0 fully saturated rings. The Bertz CT molecular complexity index is 577. The van der Waals surface area contributed by atoms with Gasteiger partial charge in [-0.05, 0) is 56.1 Å². The number of aryl methyl sites for hydroxylation is 3. The molecule has 2 heteroatoms. The number of hydrogen-bond donors (Lipinski definition) is 1. The van der Waals surface area contributed by atoms with Crippen LogP contribution in [0, 0.1) is 20.8 Å². The monoisotopic (exact) mass is 285 g/mol. The molecule has 0 amide bonds. The van der Waals surface area contributed by atoms with Gasteiger partial charge in [0.1, 0.15) is 0 Å². The van der Waals surface area contributed by atoms with Gasteiger partial charge < -0.3 is 5.32 Å². The highest BCUT2D eigenvalue weighted by molar-refractivity contribution is 7.99. The van der Waals surface area contributed by atoms with Gasteiger partial charge in [-0.2, -0.15) is 0 Å². The first kappa shape index (κ1) is 15.1. The van der Waals surface area contributed by atoms with Crippen LogP contribution in [0.5, 0.6) is 0 Å². The molecule has 2 aromatic carbocycles. The third-order valence-electron chi connectivity index (χ3n) is 3.78. The van der Waals surface area contributed by atoms with Gasteiger partial charge in [0.2, 0.25) is 0 Å². The fourth-order valence-corrected chi connectivity index (χ4v) is 3.39. The molecule has 20 heavy (non-hydrogen) atoms. The minimum atomic E-state index is 0.388. The molecule has 0 aliphatic carbocycles. The largest absolute Gasteiger partial charge is 0.312 e. The van der Waals surface area contributed by atoms with Gasteiger partial charge in [0.25, 0.3) is 0 Å². The van der Waals surface area contributed by atoms with Crippen LogP contribution in [0.15, 0.2) is 47.4 Å². The Morgan fingerprint density at radius 1 is 0.950 bits per heavy atom. The number of rotatable bonds is 5. The third-order valence-corrected chi connectivity index (χ3v) is 5.05. The molecule has 106 valence electrons. The first-order chi connectivity index (χ1) is 9.61. The number of nitrogens with one attached hydrogen (secondary N) is 1. The Morgan fingerprint density at radius 2 is 1.70 bits per heavy atom. The van der Waals surface area contributed by atoms with Crippen molar-refractivity contribution in [3.63, 3.8) is 0 Å². The minimum absolute atomic E-state index is 0.388. The van der Waals surface area contributed by atoms with Gasteiger partial charge in [-0.25, -0.2) is 0 Å². The topological polar surface area (TPSA) is 12.0 Å². The number of thioether (sulfide) groups is 1. The van der Waals surface area contributed by atoms with Crippen LogP contribution in [0.3, 0.4) is 0 Å². The van der Waals surface area contributed by atoms with Gasteiger partial charge in [0.15, 0.2) is 0 Å². The van der Waals surface area contributed by atoms with Crippen molar-refractivity contribution >= 4 is 11.8 Å². The Kier molecular flexibility index (Phi) is 5.27. The highest BCUT2D eigenvalue weighted by atomic mass is 32.2. The van der Waals surface area contributed by atoms with Crippen LogP contribution in [0.2, 0.25) is 0 Å². The lowest BCUT2D eigenvalue weighted by molar-refractivity contribution is 0.661. The van der Waals surface area contributed by atoms with Crippen molar-refractivity contribution < 1.29 is 0 Å². The summed E-state index contributed by atoms with van der Waals surface area (Å²) in [6.07, 6.45) is 0. The van der Waals surface area contributed by atoms with Gasteiger partial charge in [-0.3, -0.25) is 0 Å².